The van der Waals surface area contributed by atoms with Crippen molar-refractivity contribution in [1.29, 1.82) is 0 Å². The van der Waals surface area contributed by atoms with Gasteiger partial charge in [-0.3, -0.25) is 15.0 Å². The van der Waals surface area contributed by atoms with E-state index in [2.05, 4.69) is 11.5 Å². The van der Waals surface area contributed by atoms with Gasteiger partial charge in [0.1, 0.15) is 0 Å². The summed E-state index contributed by atoms with van der Waals surface area (Å²) in [6, 6.07) is 0.440. The quantitative estimate of drug-likeness (QED) is 0.383. The van der Waals surface area contributed by atoms with E-state index in [0.29, 0.717) is 12.5 Å². The summed E-state index contributed by atoms with van der Waals surface area (Å²) < 4.78 is 0. The molecule has 1 unspecified atom stereocenters. The van der Waals surface area contributed by atoms with Gasteiger partial charge < -0.3 is 0 Å². The molecule has 1 aliphatic heterocycles. The molecule has 0 aromatic heterocycles. The van der Waals surface area contributed by atoms with E-state index >= 15 is 0 Å². The molecule has 4 heteroatoms. The van der Waals surface area contributed by atoms with Crippen molar-refractivity contribution < 1.29 is 4.92 Å². The fraction of sp³-hybridized carbons (Fsp3) is 0.800. The lowest BCUT2D eigenvalue weighted by atomic mass is 10.0. The van der Waals surface area contributed by atoms with Crippen molar-refractivity contribution in [1.82, 2.24) is 4.90 Å². The second kappa shape index (κ2) is 5.75. The highest BCUT2D eigenvalue weighted by Gasteiger charge is 2.19. The SMILES string of the molecule is C=CC1CCCCN1CCC[N+](=O)[O-]. The molecule has 4 nitrogen and oxygen atoms in total. The zero-order chi connectivity index (χ0) is 10.4. The Morgan fingerprint density at radius 3 is 3.00 bits per heavy atom. The molecule has 1 aliphatic rings. The zero-order valence-corrected chi connectivity index (χ0v) is 8.52. The van der Waals surface area contributed by atoms with Crippen molar-refractivity contribution in [2.45, 2.75) is 31.7 Å². The summed E-state index contributed by atoms with van der Waals surface area (Å²) in [6.07, 6.45) is 6.23. The van der Waals surface area contributed by atoms with E-state index in [9.17, 15) is 10.1 Å². The minimum absolute atomic E-state index is 0.0837. The van der Waals surface area contributed by atoms with Gasteiger partial charge in [-0.25, -0.2) is 0 Å². The van der Waals surface area contributed by atoms with Crippen molar-refractivity contribution in [3.63, 3.8) is 0 Å². The minimum atomic E-state index is -0.243. The van der Waals surface area contributed by atoms with E-state index in [1.807, 2.05) is 6.08 Å². The number of rotatable bonds is 5. The summed E-state index contributed by atoms with van der Waals surface area (Å²) in [5.74, 6) is 0. The highest BCUT2D eigenvalue weighted by molar-refractivity contribution is 4.90. The number of likely N-dealkylation sites (tertiary alicyclic amines) is 1. The van der Waals surface area contributed by atoms with Gasteiger partial charge in [0.2, 0.25) is 6.54 Å². The first-order valence-electron chi connectivity index (χ1n) is 5.22. The molecule has 0 N–H and O–H groups in total. The first kappa shape index (κ1) is 11.2. The van der Waals surface area contributed by atoms with Gasteiger partial charge in [0, 0.05) is 23.9 Å². The van der Waals surface area contributed by atoms with Crippen LogP contribution in [0.1, 0.15) is 25.7 Å². The number of nitro groups is 1. The van der Waals surface area contributed by atoms with Crippen LogP contribution in [-0.2, 0) is 0 Å². The van der Waals surface area contributed by atoms with Gasteiger partial charge in [0.05, 0.1) is 0 Å². The summed E-state index contributed by atoms with van der Waals surface area (Å²) in [6.45, 7) is 5.78. The van der Waals surface area contributed by atoms with Crippen LogP contribution >= 0.6 is 0 Å². The Labute approximate surface area is 84.7 Å². The maximum absolute atomic E-state index is 10.2. The van der Waals surface area contributed by atoms with Crippen molar-refractivity contribution in [2.24, 2.45) is 0 Å². The molecule has 0 saturated carbocycles. The van der Waals surface area contributed by atoms with Crippen LogP contribution in [0.4, 0.5) is 0 Å². The molecule has 1 rings (SSSR count). The summed E-state index contributed by atoms with van der Waals surface area (Å²) >= 11 is 0. The van der Waals surface area contributed by atoms with E-state index in [4.69, 9.17) is 0 Å². The van der Waals surface area contributed by atoms with Gasteiger partial charge in [-0.05, 0) is 19.4 Å². The molecule has 1 heterocycles. The molecule has 0 amide bonds. The van der Waals surface area contributed by atoms with Gasteiger partial charge in [-0.15, -0.1) is 6.58 Å². The largest absolute Gasteiger partial charge is 0.297 e. The minimum Gasteiger partial charge on any atom is -0.297 e. The lowest BCUT2D eigenvalue weighted by Crippen LogP contribution is -2.39. The Morgan fingerprint density at radius 2 is 2.36 bits per heavy atom. The lowest BCUT2D eigenvalue weighted by Gasteiger charge is -2.33. The molecule has 0 aliphatic carbocycles. The molecule has 0 aromatic rings. The van der Waals surface area contributed by atoms with E-state index in [-0.39, 0.29) is 11.5 Å². The second-order valence-corrected chi connectivity index (χ2v) is 3.74. The number of nitrogens with zero attached hydrogens (tertiary/aromatic N) is 2. The third-order valence-corrected chi connectivity index (χ3v) is 2.72. The second-order valence-electron chi connectivity index (χ2n) is 3.74. The van der Waals surface area contributed by atoms with Crippen LogP contribution in [0.15, 0.2) is 12.7 Å². The first-order chi connectivity index (χ1) is 6.74. The Hall–Kier alpha value is -0.900. The van der Waals surface area contributed by atoms with Crippen LogP contribution in [0.25, 0.3) is 0 Å². The van der Waals surface area contributed by atoms with Gasteiger partial charge in [0.25, 0.3) is 0 Å². The van der Waals surface area contributed by atoms with Crippen LogP contribution in [0, 0.1) is 10.1 Å². The zero-order valence-electron chi connectivity index (χ0n) is 8.52. The average Bonchev–Trinajstić information content (AvgIpc) is 2.18. The maximum Gasteiger partial charge on any atom is 0.205 e. The van der Waals surface area contributed by atoms with Gasteiger partial charge >= 0.3 is 0 Å². The molecule has 80 valence electrons. The molecule has 0 spiro atoms. The van der Waals surface area contributed by atoms with Crippen LogP contribution in [0.5, 0.6) is 0 Å². The predicted molar refractivity (Wildman–Crippen MR) is 55.9 cm³/mol. The van der Waals surface area contributed by atoms with Crippen LogP contribution < -0.4 is 0 Å². The highest BCUT2D eigenvalue weighted by atomic mass is 16.6. The van der Waals surface area contributed by atoms with Crippen LogP contribution in [0.2, 0.25) is 0 Å². The molecular weight excluding hydrogens is 180 g/mol. The molecule has 0 aromatic carbocycles. The standard InChI is InChI=1S/C10H18N2O2/c1-2-10-6-3-4-7-11(10)8-5-9-12(13)14/h2,10H,1,3-9H2. The number of hydrogen-bond donors (Lipinski definition) is 0. The Bertz CT molecular complexity index is 206. The van der Waals surface area contributed by atoms with E-state index in [0.717, 1.165) is 19.5 Å². The summed E-state index contributed by atoms with van der Waals surface area (Å²) in [7, 11) is 0. The molecule has 1 atom stereocenters. The van der Waals surface area contributed by atoms with Crippen LogP contribution in [0.3, 0.4) is 0 Å². The van der Waals surface area contributed by atoms with Gasteiger partial charge in [-0.1, -0.05) is 12.5 Å². The molecule has 1 saturated heterocycles. The summed E-state index contributed by atoms with van der Waals surface area (Å²) in [5.41, 5.74) is 0. The Kier molecular flexibility index (Phi) is 4.59. The molecule has 0 radical (unpaired) electrons. The van der Waals surface area contributed by atoms with Crippen molar-refractivity contribution >= 4 is 0 Å². The Morgan fingerprint density at radius 1 is 1.57 bits per heavy atom. The smallest absolute Gasteiger partial charge is 0.205 e. The van der Waals surface area contributed by atoms with E-state index < -0.39 is 0 Å². The van der Waals surface area contributed by atoms with Crippen molar-refractivity contribution in [3.8, 4) is 0 Å². The normalized spacial score (nSPS) is 23.3. The Balaban J connectivity index is 2.26. The average molecular weight is 198 g/mol. The summed E-state index contributed by atoms with van der Waals surface area (Å²) in [5, 5.41) is 10.2. The molecule has 1 fully saturated rings. The van der Waals surface area contributed by atoms with Crippen molar-refractivity contribution in [3.05, 3.63) is 22.8 Å². The first-order valence-corrected chi connectivity index (χ1v) is 5.22. The number of hydrogen-bond acceptors (Lipinski definition) is 3. The van der Waals surface area contributed by atoms with Crippen LogP contribution in [-0.4, -0.2) is 35.5 Å². The fourth-order valence-corrected chi connectivity index (χ4v) is 1.96. The molecule has 14 heavy (non-hydrogen) atoms. The number of piperidine rings is 1. The topological polar surface area (TPSA) is 46.4 Å². The summed E-state index contributed by atoms with van der Waals surface area (Å²) in [4.78, 5) is 12.2. The third-order valence-electron chi connectivity index (χ3n) is 2.72. The van der Waals surface area contributed by atoms with Gasteiger partial charge in [0.15, 0.2) is 0 Å². The van der Waals surface area contributed by atoms with Gasteiger partial charge in [-0.2, -0.15) is 0 Å². The monoisotopic (exact) mass is 198 g/mol. The fourth-order valence-electron chi connectivity index (χ4n) is 1.96. The third kappa shape index (κ3) is 3.46. The van der Waals surface area contributed by atoms with E-state index in [1.165, 1.54) is 12.8 Å². The molecular formula is C10H18N2O2. The lowest BCUT2D eigenvalue weighted by molar-refractivity contribution is -0.480. The van der Waals surface area contributed by atoms with E-state index in [1.54, 1.807) is 0 Å². The maximum atomic E-state index is 10.2. The van der Waals surface area contributed by atoms with Crippen molar-refractivity contribution in [2.75, 3.05) is 19.6 Å². The predicted octanol–water partition coefficient (Wildman–Crippen LogP) is 1.69. The highest BCUT2D eigenvalue weighted by Crippen LogP contribution is 2.17. The molecule has 0 bridgehead atoms.